The van der Waals surface area contributed by atoms with E-state index in [0.29, 0.717) is 0 Å². The first-order chi connectivity index (χ1) is 10.2. The quantitative estimate of drug-likeness (QED) is 0.712. The van der Waals surface area contributed by atoms with Crippen LogP contribution in [0, 0.1) is 6.92 Å². The van der Waals surface area contributed by atoms with Gasteiger partial charge in [-0.2, -0.15) is 0 Å². The van der Waals surface area contributed by atoms with E-state index in [4.69, 9.17) is 11.6 Å². The molecule has 0 spiro atoms. The van der Waals surface area contributed by atoms with E-state index in [0.717, 1.165) is 38.9 Å². The predicted molar refractivity (Wildman–Crippen MR) is 87.1 cm³/mol. The molecule has 1 N–H and O–H groups in total. The van der Waals surface area contributed by atoms with Crippen LogP contribution in [0.1, 0.15) is 22.1 Å². The lowest BCUT2D eigenvalue weighted by molar-refractivity contribution is 0.967. The molecule has 0 radical (unpaired) electrons. The normalized spacial score (nSPS) is 11.0. The van der Waals surface area contributed by atoms with Gasteiger partial charge in [-0.25, -0.2) is 9.97 Å². The third-order valence-corrected chi connectivity index (χ3v) is 4.82. The second kappa shape index (κ2) is 6.60. The SMILES string of the molecule is Cc1nc(SCc2csc(Cc3ccc(Cl)cc3)n2)n[nH]1. The minimum atomic E-state index is 0.761. The highest BCUT2D eigenvalue weighted by Crippen LogP contribution is 2.22. The summed E-state index contributed by atoms with van der Waals surface area (Å²) in [6.45, 7) is 1.89. The van der Waals surface area contributed by atoms with Gasteiger partial charge in [0.05, 0.1) is 10.7 Å². The fraction of sp³-hybridized carbons (Fsp3) is 0.214. The van der Waals surface area contributed by atoms with E-state index < -0.39 is 0 Å². The van der Waals surface area contributed by atoms with Crippen molar-refractivity contribution in [3.8, 4) is 0 Å². The molecule has 0 aliphatic rings. The molecule has 1 aromatic carbocycles. The van der Waals surface area contributed by atoms with E-state index in [-0.39, 0.29) is 0 Å². The Hall–Kier alpha value is -1.37. The summed E-state index contributed by atoms with van der Waals surface area (Å²) < 4.78 is 0. The van der Waals surface area contributed by atoms with E-state index in [1.807, 2.05) is 31.2 Å². The fourth-order valence-corrected chi connectivity index (χ4v) is 3.59. The number of hydrogen-bond donors (Lipinski definition) is 1. The Morgan fingerprint density at radius 3 is 2.76 bits per heavy atom. The zero-order valence-corrected chi connectivity index (χ0v) is 13.7. The van der Waals surface area contributed by atoms with Gasteiger partial charge in [0.15, 0.2) is 0 Å². The maximum atomic E-state index is 5.89. The second-order valence-electron chi connectivity index (χ2n) is 4.53. The lowest BCUT2D eigenvalue weighted by atomic mass is 10.2. The summed E-state index contributed by atoms with van der Waals surface area (Å²) in [6, 6.07) is 7.89. The summed E-state index contributed by atoms with van der Waals surface area (Å²) in [6.07, 6.45) is 0.840. The molecule has 0 bridgehead atoms. The molecule has 3 aromatic rings. The number of H-pyrrole nitrogens is 1. The molecule has 7 heteroatoms. The van der Waals surface area contributed by atoms with Crippen LogP contribution in [-0.2, 0) is 12.2 Å². The van der Waals surface area contributed by atoms with Crippen LogP contribution < -0.4 is 0 Å². The molecule has 3 rings (SSSR count). The van der Waals surface area contributed by atoms with Gasteiger partial charge in [0.1, 0.15) is 5.82 Å². The number of rotatable bonds is 5. The summed E-state index contributed by atoms with van der Waals surface area (Å²) in [7, 11) is 0. The second-order valence-corrected chi connectivity index (χ2v) is 6.85. The number of nitrogens with one attached hydrogen (secondary N) is 1. The van der Waals surface area contributed by atoms with Gasteiger partial charge in [0, 0.05) is 22.6 Å². The van der Waals surface area contributed by atoms with Crippen molar-refractivity contribution >= 4 is 34.7 Å². The van der Waals surface area contributed by atoms with Crippen LogP contribution in [0.5, 0.6) is 0 Å². The largest absolute Gasteiger partial charge is 0.262 e. The van der Waals surface area contributed by atoms with Gasteiger partial charge in [-0.15, -0.1) is 16.4 Å². The van der Waals surface area contributed by atoms with Gasteiger partial charge in [-0.05, 0) is 24.6 Å². The summed E-state index contributed by atoms with van der Waals surface area (Å²) in [4.78, 5) is 8.92. The van der Waals surface area contributed by atoms with Crippen molar-refractivity contribution < 1.29 is 0 Å². The Balaban J connectivity index is 1.59. The molecule has 4 nitrogen and oxygen atoms in total. The maximum absolute atomic E-state index is 5.89. The van der Waals surface area contributed by atoms with Gasteiger partial charge in [-0.3, -0.25) is 5.10 Å². The van der Waals surface area contributed by atoms with Crippen molar-refractivity contribution in [2.24, 2.45) is 0 Å². The summed E-state index contributed by atoms with van der Waals surface area (Å²) in [5, 5.41) is 11.7. The first kappa shape index (κ1) is 14.6. The van der Waals surface area contributed by atoms with Crippen LogP contribution in [0.25, 0.3) is 0 Å². The minimum Gasteiger partial charge on any atom is -0.262 e. The molecule has 0 saturated heterocycles. The van der Waals surface area contributed by atoms with E-state index in [1.54, 1.807) is 23.1 Å². The van der Waals surface area contributed by atoms with Crippen molar-refractivity contribution in [3.63, 3.8) is 0 Å². The van der Waals surface area contributed by atoms with E-state index in [1.165, 1.54) is 5.56 Å². The topological polar surface area (TPSA) is 54.5 Å². The first-order valence-electron chi connectivity index (χ1n) is 6.38. The molecule has 2 aromatic heterocycles. The van der Waals surface area contributed by atoms with E-state index in [9.17, 15) is 0 Å². The first-order valence-corrected chi connectivity index (χ1v) is 8.63. The zero-order chi connectivity index (χ0) is 14.7. The molecule has 0 saturated carbocycles. The lowest BCUT2D eigenvalue weighted by Gasteiger charge is -1.98. The Kier molecular flexibility index (Phi) is 4.57. The Morgan fingerprint density at radius 1 is 1.24 bits per heavy atom. The number of aromatic nitrogens is 4. The highest BCUT2D eigenvalue weighted by molar-refractivity contribution is 7.98. The van der Waals surface area contributed by atoms with Crippen molar-refractivity contribution in [1.29, 1.82) is 0 Å². The molecule has 0 amide bonds. The molecular weight excluding hydrogens is 324 g/mol. The van der Waals surface area contributed by atoms with Crippen molar-refractivity contribution in [2.45, 2.75) is 24.3 Å². The number of aromatic amines is 1. The smallest absolute Gasteiger partial charge is 0.208 e. The van der Waals surface area contributed by atoms with Crippen LogP contribution in [0.3, 0.4) is 0 Å². The summed E-state index contributed by atoms with van der Waals surface area (Å²) in [5.41, 5.74) is 2.29. The number of thioether (sulfide) groups is 1. The average molecular weight is 337 g/mol. The van der Waals surface area contributed by atoms with Gasteiger partial charge in [0.2, 0.25) is 5.16 Å². The molecular formula is C14H13ClN4S2. The van der Waals surface area contributed by atoms with Crippen LogP contribution >= 0.6 is 34.7 Å². The fourth-order valence-electron chi connectivity index (χ4n) is 1.80. The third-order valence-electron chi connectivity index (χ3n) is 2.79. The van der Waals surface area contributed by atoms with Crippen LogP contribution in [0.4, 0.5) is 0 Å². The summed E-state index contributed by atoms with van der Waals surface area (Å²) >= 11 is 9.16. The van der Waals surface area contributed by atoms with Gasteiger partial charge >= 0.3 is 0 Å². The molecule has 2 heterocycles. The Labute approximate surface area is 136 Å². The van der Waals surface area contributed by atoms with E-state index in [2.05, 4.69) is 25.5 Å². The van der Waals surface area contributed by atoms with Gasteiger partial charge in [-0.1, -0.05) is 35.5 Å². The standard InChI is InChI=1S/C14H13ClN4S2/c1-9-16-14(19-18-9)21-8-12-7-20-13(17-12)6-10-2-4-11(15)5-3-10/h2-5,7H,6,8H2,1H3,(H,16,18,19). The molecule has 0 aliphatic carbocycles. The number of halogens is 1. The van der Waals surface area contributed by atoms with Crippen LogP contribution in [0.15, 0.2) is 34.8 Å². The van der Waals surface area contributed by atoms with E-state index >= 15 is 0 Å². The lowest BCUT2D eigenvalue weighted by Crippen LogP contribution is -1.88. The Bertz CT molecular complexity index is 721. The number of benzene rings is 1. The molecule has 0 unspecified atom stereocenters. The monoisotopic (exact) mass is 336 g/mol. The maximum Gasteiger partial charge on any atom is 0.208 e. The zero-order valence-electron chi connectivity index (χ0n) is 11.3. The summed E-state index contributed by atoms with van der Waals surface area (Å²) in [5.74, 6) is 1.62. The van der Waals surface area contributed by atoms with Gasteiger partial charge in [0.25, 0.3) is 0 Å². The number of thiazole rings is 1. The van der Waals surface area contributed by atoms with Crippen molar-refractivity contribution in [3.05, 3.63) is 56.8 Å². The molecule has 108 valence electrons. The van der Waals surface area contributed by atoms with Gasteiger partial charge < -0.3 is 0 Å². The molecule has 0 atom stereocenters. The van der Waals surface area contributed by atoms with Crippen molar-refractivity contribution in [2.75, 3.05) is 0 Å². The third kappa shape index (κ3) is 4.06. The van der Waals surface area contributed by atoms with Crippen LogP contribution in [-0.4, -0.2) is 20.2 Å². The minimum absolute atomic E-state index is 0.761. The molecule has 21 heavy (non-hydrogen) atoms. The molecule has 0 aliphatic heterocycles. The average Bonchev–Trinajstić information content (AvgIpc) is 3.08. The molecule has 0 fully saturated rings. The number of hydrogen-bond acceptors (Lipinski definition) is 5. The highest BCUT2D eigenvalue weighted by Gasteiger charge is 2.06. The van der Waals surface area contributed by atoms with Crippen LogP contribution in [0.2, 0.25) is 5.02 Å². The van der Waals surface area contributed by atoms with Crippen molar-refractivity contribution in [1.82, 2.24) is 20.2 Å². The number of nitrogens with zero attached hydrogens (tertiary/aromatic N) is 3. The number of aryl methyl sites for hydroxylation is 1. The Morgan fingerprint density at radius 2 is 2.05 bits per heavy atom. The highest BCUT2D eigenvalue weighted by atomic mass is 35.5. The predicted octanol–water partition coefficient (Wildman–Crippen LogP) is 4.11.